The third-order valence-corrected chi connectivity index (χ3v) is 7.00. The molecule has 1 aliphatic carbocycles. The molecule has 1 saturated heterocycles. The van der Waals surface area contributed by atoms with Gasteiger partial charge >= 0.3 is 5.97 Å². The molecule has 0 aromatic heterocycles. The Morgan fingerprint density at radius 2 is 1.76 bits per heavy atom. The number of sulfonamides is 1. The smallest absolute Gasteiger partial charge is 0.321 e. The monoisotopic (exact) mass is 366 g/mol. The van der Waals surface area contributed by atoms with E-state index < -0.39 is 22.0 Å². The highest BCUT2D eigenvalue weighted by molar-refractivity contribution is 7.89. The Bertz CT molecular complexity index is 705. The molecule has 2 fully saturated rings. The third kappa shape index (κ3) is 4.04. The van der Waals surface area contributed by atoms with Gasteiger partial charge in [0, 0.05) is 26.2 Å². The van der Waals surface area contributed by atoms with E-state index in [9.17, 15) is 18.3 Å². The lowest BCUT2D eigenvalue weighted by atomic mass is 10.1. The van der Waals surface area contributed by atoms with Crippen molar-refractivity contribution in [2.75, 3.05) is 26.2 Å². The van der Waals surface area contributed by atoms with Crippen molar-refractivity contribution in [3.63, 3.8) is 0 Å². The first kappa shape index (κ1) is 18.4. The number of nitrogens with zero attached hydrogens (tertiary/aromatic N) is 2. The van der Waals surface area contributed by atoms with Crippen molar-refractivity contribution in [3.8, 4) is 0 Å². The fourth-order valence-corrected chi connectivity index (χ4v) is 4.98. The first-order chi connectivity index (χ1) is 11.9. The number of carbonyl (C=O) groups is 1. The van der Waals surface area contributed by atoms with Gasteiger partial charge in [-0.3, -0.25) is 9.69 Å². The second kappa shape index (κ2) is 7.43. The van der Waals surface area contributed by atoms with E-state index in [1.54, 1.807) is 12.1 Å². The Balaban J connectivity index is 1.65. The van der Waals surface area contributed by atoms with Crippen LogP contribution in [0.25, 0.3) is 0 Å². The molecule has 7 heteroatoms. The highest BCUT2D eigenvalue weighted by atomic mass is 32.2. The van der Waals surface area contributed by atoms with Gasteiger partial charge in [0.05, 0.1) is 4.90 Å². The largest absolute Gasteiger partial charge is 0.480 e. The average molecular weight is 366 g/mol. The number of hydrogen-bond donors (Lipinski definition) is 1. The normalized spacial score (nSPS) is 21.2. The minimum absolute atomic E-state index is 0.228. The van der Waals surface area contributed by atoms with Crippen LogP contribution in [0.3, 0.4) is 0 Å². The molecule has 0 radical (unpaired) electrons. The Kier molecular flexibility index (Phi) is 5.46. The minimum Gasteiger partial charge on any atom is -0.480 e. The molecule has 0 bridgehead atoms. The van der Waals surface area contributed by atoms with Crippen molar-refractivity contribution in [1.82, 2.24) is 9.21 Å². The molecule has 6 nitrogen and oxygen atoms in total. The van der Waals surface area contributed by atoms with Gasteiger partial charge < -0.3 is 5.11 Å². The van der Waals surface area contributed by atoms with Crippen molar-refractivity contribution in [2.24, 2.45) is 5.92 Å². The van der Waals surface area contributed by atoms with Gasteiger partial charge in [-0.15, -0.1) is 0 Å². The van der Waals surface area contributed by atoms with Crippen LogP contribution in [0.4, 0.5) is 0 Å². The van der Waals surface area contributed by atoms with Gasteiger partial charge in [0.1, 0.15) is 6.04 Å². The van der Waals surface area contributed by atoms with E-state index in [4.69, 9.17) is 0 Å². The Hall–Kier alpha value is -1.44. The van der Waals surface area contributed by atoms with Crippen molar-refractivity contribution in [3.05, 3.63) is 29.8 Å². The zero-order valence-corrected chi connectivity index (χ0v) is 15.4. The summed E-state index contributed by atoms with van der Waals surface area (Å²) in [5.74, 6) is -0.558. The van der Waals surface area contributed by atoms with Gasteiger partial charge in [0.25, 0.3) is 0 Å². The van der Waals surface area contributed by atoms with E-state index in [-0.39, 0.29) is 5.92 Å². The second-order valence-electron chi connectivity index (χ2n) is 6.95. The highest BCUT2D eigenvalue weighted by Gasteiger charge is 2.42. The van der Waals surface area contributed by atoms with E-state index in [0.717, 1.165) is 31.2 Å². The summed E-state index contributed by atoms with van der Waals surface area (Å²) in [6.45, 7) is 3.72. The second-order valence-corrected chi connectivity index (χ2v) is 8.89. The molecule has 138 valence electrons. The van der Waals surface area contributed by atoms with Gasteiger partial charge in [-0.1, -0.05) is 25.5 Å². The number of rotatable bonds is 7. The molecule has 1 N–H and O–H groups in total. The van der Waals surface area contributed by atoms with Crippen LogP contribution in [0.15, 0.2) is 29.2 Å². The lowest BCUT2D eigenvalue weighted by Crippen LogP contribution is -2.54. The molecule has 1 aromatic rings. The van der Waals surface area contributed by atoms with Gasteiger partial charge in [0.2, 0.25) is 10.0 Å². The topological polar surface area (TPSA) is 77.9 Å². The van der Waals surface area contributed by atoms with E-state index >= 15 is 0 Å². The lowest BCUT2D eigenvalue weighted by molar-refractivity contribution is -0.144. The van der Waals surface area contributed by atoms with Crippen LogP contribution >= 0.6 is 0 Å². The maximum atomic E-state index is 12.8. The van der Waals surface area contributed by atoms with Crippen LogP contribution in [-0.2, 0) is 21.2 Å². The number of benzene rings is 1. The zero-order valence-electron chi connectivity index (χ0n) is 14.6. The summed E-state index contributed by atoms with van der Waals surface area (Å²) in [6, 6.07) is 6.65. The molecule has 0 unspecified atom stereocenters. The molecule has 3 rings (SSSR count). The van der Waals surface area contributed by atoms with Crippen LogP contribution in [0.2, 0.25) is 0 Å². The molecule has 0 spiro atoms. The molecule has 1 aliphatic heterocycles. The fourth-order valence-electron chi connectivity index (χ4n) is 3.56. The predicted octanol–water partition coefficient (Wildman–Crippen LogP) is 1.81. The number of aliphatic carboxylic acids is 1. The van der Waals surface area contributed by atoms with Crippen LogP contribution in [-0.4, -0.2) is 60.9 Å². The Labute approximate surface area is 149 Å². The van der Waals surface area contributed by atoms with E-state index in [1.165, 1.54) is 4.31 Å². The number of piperazine rings is 1. The number of carboxylic acid groups (broad SMARTS) is 1. The molecule has 25 heavy (non-hydrogen) atoms. The van der Waals surface area contributed by atoms with Crippen molar-refractivity contribution in [1.29, 1.82) is 0 Å². The summed E-state index contributed by atoms with van der Waals surface area (Å²) in [5, 5.41) is 9.44. The maximum Gasteiger partial charge on any atom is 0.321 e. The van der Waals surface area contributed by atoms with Crippen LogP contribution in [0.5, 0.6) is 0 Å². The number of hydrogen-bond acceptors (Lipinski definition) is 4. The summed E-state index contributed by atoms with van der Waals surface area (Å²) in [6.07, 6.45) is 3.88. The Morgan fingerprint density at radius 1 is 1.16 bits per heavy atom. The first-order valence-electron chi connectivity index (χ1n) is 8.99. The zero-order chi connectivity index (χ0) is 18.0. The minimum atomic E-state index is -3.51. The van der Waals surface area contributed by atoms with E-state index in [0.29, 0.717) is 31.1 Å². The summed E-state index contributed by atoms with van der Waals surface area (Å²) >= 11 is 0. The standard InChI is InChI=1S/C18H26N2O4S/c1-2-3-14-4-8-16(9-5-14)25(23,24)20-12-10-19(11-13-20)17(18(21)22)15-6-7-15/h4-5,8-9,15,17H,2-3,6-7,10-13H2,1H3,(H,21,22)/t17-/m0/s1. The maximum absolute atomic E-state index is 12.8. The lowest BCUT2D eigenvalue weighted by Gasteiger charge is -2.37. The van der Waals surface area contributed by atoms with Gasteiger partial charge in [0.15, 0.2) is 0 Å². The Morgan fingerprint density at radius 3 is 2.24 bits per heavy atom. The fraction of sp³-hybridized carbons (Fsp3) is 0.611. The van der Waals surface area contributed by atoms with Gasteiger partial charge in [-0.05, 0) is 42.9 Å². The summed E-state index contributed by atoms with van der Waals surface area (Å²) in [4.78, 5) is 13.7. The summed E-state index contributed by atoms with van der Waals surface area (Å²) in [7, 11) is -3.51. The summed E-state index contributed by atoms with van der Waals surface area (Å²) in [5.41, 5.74) is 1.14. The van der Waals surface area contributed by atoms with Crippen LogP contribution in [0.1, 0.15) is 31.7 Å². The molecule has 1 heterocycles. The third-order valence-electron chi connectivity index (χ3n) is 5.09. The molecule has 1 aromatic carbocycles. The van der Waals surface area contributed by atoms with Crippen LogP contribution in [0, 0.1) is 5.92 Å². The average Bonchev–Trinajstić information content (AvgIpc) is 3.41. The molecule has 2 aliphatic rings. The molecule has 1 saturated carbocycles. The number of carboxylic acids is 1. The molecular weight excluding hydrogens is 340 g/mol. The SMILES string of the molecule is CCCc1ccc(S(=O)(=O)N2CCN([C@H](C(=O)O)C3CC3)CC2)cc1. The van der Waals surface area contributed by atoms with E-state index in [2.05, 4.69) is 6.92 Å². The first-order valence-corrected chi connectivity index (χ1v) is 10.4. The van der Waals surface area contributed by atoms with Crippen molar-refractivity contribution in [2.45, 2.75) is 43.5 Å². The van der Waals surface area contributed by atoms with Crippen molar-refractivity contribution >= 4 is 16.0 Å². The predicted molar refractivity (Wildman–Crippen MR) is 94.9 cm³/mol. The molecular formula is C18H26N2O4S. The molecule has 1 atom stereocenters. The quantitative estimate of drug-likeness (QED) is 0.796. The summed E-state index contributed by atoms with van der Waals surface area (Å²) < 4.78 is 27.1. The highest BCUT2D eigenvalue weighted by Crippen LogP contribution is 2.36. The van der Waals surface area contributed by atoms with E-state index in [1.807, 2.05) is 17.0 Å². The number of aryl methyl sites for hydroxylation is 1. The van der Waals surface area contributed by atoms with Gasteiger partial charge in [-0.2, -0.15) is 4.31 Å². The van der Waals surface area contributed by atoms with Gasteiger partial charge in [-0.25, -0.2) is 8.42 Å². The molecule has 0 amide bonds. The van der Waals surface area contributed by atoms with Crippen LogP contribution < -0.4 is 0 Å². The van der Waals surface area contributed by atoms with Crippen molar-refractivity contribution < 1.29 is 18.3 Å².